The van der Waals surface area contributed by atoms with E-state index >= 15 is 0 Å². The van der Waals surface area contributed by atoms with Crippen molar-refractivity contribution in [3.63, 3.8) is 0 Å². The molecule has 1 amide bonds. The number of carbonyl (C=O) groups excluding carboxylic acids is 1. The molecule has 0 spiro atoms. The highest BCUT2D eigenvalue weighted by Crippen LogP contribution is 2.29. The van der Waals surface area contributed by atoms with E-state index in [1.807, 2.05) is 35.2 Å². The number of hydrogen-bond acceptors (Lipinski definition) is 3. The molecule has 0 bridgehead atoms. The maximum Gasteiger partial charge on any atom is 0.237 e. The molecule has 2 aromatic carbocycles. The molecule has 4 rings (SSSR count). The van der Waals surface area contributed by atoms with Gasteiger partial charge in [-0.3, -0.25) is 4.79 Å². The Morgan fingerprint density at radius 1 is 1.16 bits per heavy atom. The van der Waals surface area contributed by atoms with E-state index < -0.39 is 0 Å². The number of imidazole rings is 1. The maximum atomic E-state index is 12.8. The van der Waals surface area contributed by atoms with E-state index in [0.717, 1.165) is 47.8 Å². The van der Waals surface area contributed by atoms with Gasteiger partial charge in [-0.15, -0.1) is 0 Å². The molecule has 0 aliphatic carbocycles. The molecule has 5 heteroatoms. The zero-order valence-electron chi connectivity index (χ0n) is 14.3. The summed E-state index contributed by atoms with van der Waals surface area (Å²) in [5.41, 5.74) is 4.46. The highest BCUT2D eigenvalue weighted by Gasteiger charge is 2.22. The first-order valence-corrected chi connectivity index (χ1v) is 9.73. The third kappa shape index (κ3) is 3.04. The number of nitrogens with zero attached hydrogens (tertiary/aromatic N) is 3. The second kappa shape index (κ2) is 6.92. The standard InChI is InChI=1S/C20H21N3OS/c1-2-22-18-12-6-4-10-16(18)21-20(22)25-14-19(24)23-13-7-9-15-8-3-5-11-17(15)23/h3-6,8,10-12H,2,7,9,13-14H2,1H3. The lowest BCUT2D eigenvalue weighted by molar-refractivity contribution is -0.116. The van der Waals surface area contributed by atoms with E-state index in [4.69, 9.17) is 4.98 Å². The second-order valence-electron chi connectivity index (χ2n) is 6.19. The number of fused-ring (bicyclic) bond motifs is 2. The van der Waals surface area contributed by atoms with E-state index in [1.165, 1.54) is 17.3 Å². The van der Waals surface area contributed by atoms with Crippen molar-refractivity contribution in [3.05, 3.63) is 54.1 Å². The number of aromatic nitrogens is 2. The highest BCUT2D eigenvalue weighted by molar-refractivity contribution is 7.99. The molecule has 25 heavy (non-hydrogen) atoms. The number of thioether (sulfide) groups is 1. The molecule has 0 atom stereocenters. The summed E-state index contributed by atoms with van der Waals surface area (Å²) in [6.45, 7) is 3.77. The van der Waals surface area contributed by atoms with Crippen LogP contribution in [0.2, 0.25) is 0 Å². The molecule has 1 aliphatic heterocycles. The van der Waals surface area contributed by atoms with Crippen LogP contribution in [0.5, 0.6) is 0 Å². The van der Waals surface area contributed by atoms with Crippen LogP contribution in [0.15, 0.2) is 53.7 Å². The van der Waals surface area contributed by atoms with Gasteiger partial charge in [0.25, 0.3) is 0 Å². The molecule has 0 fully saturated rings. The quantitative estimate of drug-likeness (QED) is 0.664. The van der Waals surface area contributed by atoms with Crippen molar-refractivity contribution in [1.82, 2.24) is 9.55 Å². The summed E-state index contributed by atoms with van der Waals surface area (Å²) >= 11 is 1.53. The van der Waals surface area contributed by atoms with E-state index in [2.05, 4.69) is 29.7 Å². The number of para-hydroxylation sites is 3. The van der Waals surface area contributed by atoms with Crippen LogP contribution in [0.4, 0.5) is 5.69 Å². The fourth-order valence-electron chi connectivity index (χ4n) is 3.47. The van der Waals surface area contributed by atoms with E-state index in [0.29, 0.717) is 5.75 Å². The van der Waals surface area contributed by atoms with E-state index in [9.17, 15) is 4.79 Å². The number of rotatable bonds is 4. The highest BCUT2D eigenvalue weighted by atomic mass is 32.2. The van der Waals surface area contributed by atoms with Gasteiger partial charge in [0.2, 0.25) is 5.91 Å². The van der Waals surface area contributed by atoms with Crippen molar-refractivity contribution < 1.29 is 4.79 Å². The maximum absolute atomic E-state index is 12.8. The van der Waals surface area contributed by atoms with Crippen molar-refractivity contribution in [2.75, 3.05) is 17.2 Å². The minimum Gasteiger partial charge on any atom is -0.319 e. The van der Waals surface area contributed by atoms with Crippen LogP contribution in [0, 0.1) is 0 Å². The Bertz CT molecular complexity index is 918. The molecule has 1 aromatic heterocycles. The Balaban J connectivity index is 1.53. The first-order valence-electron chi connectivity index (χ1n) is 8.74. The first-order chi connectivity index (χ1) is 12.3. The summed E-state index contributed by atoms with van der Waals surface area (Å²) in [6, 6.07) is 16.4. The monoisotopic (exact) mass is 351 g/mol. The molecule has 0 unspecified atom stereocenters. The smallest absolute Gasteiger partial charge is 0.237 e. The number of hydrogen-bond donors (Lipinski definition) is 0. The second-order valence-corrected chi connectivity index (χ2v) is 7.14. The third-order valence-corrected chi connectivity index (χ3v) is 5.63. The molecule has 0 saturated carbocycles. The van der Waals surface area contributed by atoms with Crippen LogP contribution >= 0.6 is 11.8 Å². The van der Waals surface area contributed by atoms with Gasteiger partial charge in [-0.1, -0.05) is 42.1 Å². The average molecular weight is 351 g/mol. The molecule has 128 valence electrons. The van der Waals surface area contributed by atoms with Crippen molar-refractivity contribution in [2.24, 2.45) is 0 Å². The van der Waals surface area contributed by atoms with Gasteiger partial charge in [0.05, 0.1) is 16.8 Å². The van der Waals surface area contributed by atoms with Crippen molar-refractivity contribution in [3.8, 4) is 0 Å². The summed E-state index contributed by atoms with van der Waals surface area (Å²) < 4.78 is 2.18. The Morgan fingerprint density at radius 2 is 1.96 bits per heavy atom. The topological polar surface area (TPSA) is 38.1 Å². The van der Waals surface area contributed by atoms with Gasteiger partial charge in [-0.05, 0) is 43.5 Å². The Morgan fingerprint density at radius 3 is 2.84 bits per heavy atom. The number of benzene rings is 2. The lowest BCUT2D eigenvalue weighted by Crippen LogP contribution is -2.36. The van der Waals surface area contributed by atoms with Gasteiger partial charge in [-0.25, -0.2) is 4.98 Å². The zero-order chi connectivity index (χ0) is 17.2. The molecule has 4 nitrogen and oxygen atoms in total. The molecule has 3 aromatic rings. The van der Waals surface area contributed by atoms with Gasteiger partial charge in [-0.2, -0.15) is 0 Å². The first kappa shape index (κ1) is 16.2. The summed E-state index contributed by atoms with van der Waals surface area (Å²) in [7, 11) is 0. The van der Waals surface area contributed by atoms with Crippen LogP contribution in [-0.4, -0.2) is 27.8 Å². The number of amides is 1. The molecule has 0 N–H and O–H groups in total. The van der Waals surface area contributed by atoms with Gasteiger partial charge >= 0.3 is 0 Å². The van der Waals surface area contributed by atoms with Crippen molar-refractivity contribution >= 4 is 34.4 Å². The fraction of sp³-hybridized carbons (Fsp3) is 0.300. The van der Waals surface area contributed by atoms with Crippen molar-refractivity contribution in [1.29, 1.82) is 0 Å². The molecule has 0 radical (unpaired) electrons. The van der Waals surface area contributed by atoms with E-state index in [-0.39, 0.29) is 5.91 Å². The fourth-order valence-corrected chi connectivity index (χ4v) is 4.42. The number of anilines is 1. The Labute approximate surface area is 151 Å². The predicted octanol–water partition coefficient (Wildman–Crippen LogP) is 4.13. The molecular weight excluding hydrogens is 330 g/mol. The number of aryl methyl sites for hydroxylation is 2. The molecule has 0 saturated heterocycles. The van der Waals surface area contributed by atoms with Gasteiger partial charge < -0.3 is 9.47 Å². The van der Waals surface area contributed by atoms with Crippen LogP contribution in [-0.2, 0) is 17.8 Å². The van der Waals surface area contributed by atoms with Gasteiger partial charge in [0.15, 0.2) is 5.16 Å². The summed E-state index contributed by atoms with van der Waals surface area (Å²) in [5, 5.41) is 0.919. The normalized spacial score (nSPS) is 13.9. The molecule has 1 aliphatic rings. The van der Waals surface area contributed by atoms with Gasteiger partial charge in [0.1, 0.15) is 0 Å². The Hall–Kier alpha value is -2.27. The van der Waals surface area contributed by atoms with E-state index in [1.54, 1.807) is 0 Å². The SMILES string of the molecule is CCn1c(SCC(=O)N2CCCc3ccccc32)nc2ccccc21. The minimum absolute atomic E-state index is 0.159. The minimum atomic E-state index is 0.159. The predicted molar refractivity (Wildman–Crippen MR) is 103 cm³/mol. The van der Waals surface area contributed by atoms with Crippen LogP contribution in [0.25, 0.3) is 11.0 Å². The lowest BCUT2D eigenvalue weighted by atomic mass is 10.0. The third-order valence-electron chi connectivity index (χ3n) is 4.67. The van der Waals surface area contributed by atoms with Crippen LogP contribution in [0.1, 0.15) is 18.9 Å². The molecular formula is C20H21N3OS. The molecule has 2 heterocycles. The average Bonchev–Trinajstić information content (AvgIpc) is 3.03. The lowest BCUT2D eigenvalue weighted by Gasteiger charge is -2.29. The van der Waals surface area contributed by atoms with Crippen LogP contribution < -0.4 is 4.90 Å². The largest absolute Gasteiger partial charge is 0.319 e. The summed E-state index contributed by atoms with van der Waals surface area (Å²) in [6.07, 6.45) is 2.08. The van der Waals surface area contributed by atoms with Gasteiger partial charge in [0, 0.05) is 18.8 Å². The zero-order valence-corrected chi connectivity index (χ0v) is 15.1. The summed E-state index contributed by atoms with van der Waals surface area (Å²) in [4.78, 5) is 19.5. The van der Waals surface area contributed by atoms with Crippen LogP contribution in [0.3, 0.4) is 0 Å². The summed E-state index contributed by atoms with van der Waals surface area (Å²) in [5.74, 6) is 0.573. The number of carbonyl (C=O) groups is 1. The van der Waals surface area contributed by atoms with Crippen molar-refractivity contribution in [2.45, 2.75) is 31.5 Å². The Kier molecular flexibility index (Phi) is 4.49.